The van der Waals surface area contributed by atoms with E-state index in [2.05, 4.69) is 29.2 Å². The highest BCUT2D eigenvalue weighted by atomic mass is 32.2. The molecule has 5 heteroatoms. The molecule has 3 nitrogen and oxygen atoms in total. The van der Waals surface area contributed by atoms with Gasteiger partial charge >= 0.3 is 5.97 Å². The fourth-order valence-corrected chi connectivity index (χ4v) is 7.92. The summed E-state index contributed by atoms with van der Waals surface area (Å²) in [6.07, 6.45) is 1.96. The van der Waals surface area contributed by atoms with E-state index in [9.17, 15) is 4.79 Å². The third-order valence-electron chi connectivity index (χ3n) is 5.45. The number of fused-ring (bicyclic) bond motifs is 5. The normalized spacial score (nSPS) is 31.0. The van der Waals surface area contributed by atoms with E-state index >= 15 is 0 Å². The molecular formula is C18H19NO2S2. The first kappa shape index (κ1) is 14.3. The molecule has 0 aromatic heterocycles. The summed E-state index contributed by atoms with van der Waals surface area (Å²) in [6.45, 7) is 3.02. The fraction of sp³-hybridized carbons (Fsp3) is 0.500. The Kier molecular flexibility index (Phi) is 3.08. The van der Waals surface area contributed by atoms with E-state index in [0.717, 1.165) is 36.5 Å². The van der Waals surface area contributed by atoms with Gasteiger partial charge in [0.25, 0.3) is 0 Å². The number of esters is 1. The van der Waals surface area contributed by atoms with Crippen molar-refractivity contribution in [1.82, 2.24) is 4.90 Å². The Morgan fingerprint density at radius 2 is 2.04 bits per heavy atom. The molecule has 4 heterocycles. The smallest absolute Gasteiger partial charge is 0.338 e. The molecule has 23 heavy (non-hydrogen) atoms. The Bertz CT molecular complexity index is 723. The lowest BCUT2D eigenvalue weighted by molar-refractivity contribution is -0.139. The van der Waals surface area contributed by atoms with E-state index in [-0.39, 0.29) is 16.2 Å². The van der Waals surface area contributed by atoms with Gasteiger partial charge in [-0.05, 0) is 24.5 Å². The maximum absolute atomic E-state index is 12.6. The topological polar surface area (TPSA) is 29.5 Å². The summed E-state index contributed by atoms with van der Waals surface area (Å²) in [6, 6.07) is 9.21. The second-order valence-electron chi connectivity index (χ2n) is 6.62. The average Bonchev–Trinajstić information content (AvgIpc) is 3.13. The molecular weight excluding hydrogens is 326 g/mol. The molecule has 2 unspecified atom stereocenters. The third-order valence-corrected chi connectivity index (χ3v) is 8.90. The number of hydrogen-bond donors (Lipinski definition) is 0. The Balaban J connectivity index is 1.70. The number of ether oxygens (including phenoxy) is 1. The van der Waals surface area contributed by atoms with Crippen molar-refractivity contribution in [3.63, 3.8) is 0 Å². The predicted octanol–water partition coefficient (Wildman–Crippen LogP) is 3.37. The molecule has 1 spiro atoms. The molecule has 2 atom stereocenters. The second kappa shape index (κ2) is 4.96. The number of nitrogens with zero attached hydrogens (tertiary/aromatic N) is 1. The van der Waals surface area contributed by atoms with Crippen molar-refractivity contribution in [2.45, 2.75) is 36.0 Å². The van der Waals surface area contributed by atoms with Gasteiger partial charge in [0.05, 0.1) is 21.4 Å². The zero-order chi connectivity index (χ0) is 15.6. The molecule has 1 saturated heterocycles. The van der Waals surface area contributed by atoms with E-state index in [4.69, 9.17) is 4.74 Å². The summed E-state index contributed by atoms with van der Waals surface area (Å²) in [5, 5.41) is 0. The molecule has 0 radical (unpaired) electrons. The SMILES string of the molecule is CC1OC(=O)C2=C1N1CCc3ccccc3C1CC21SCCS1. The van der Waals surface area contributed by atoms with E-state index in [1.807, 2.05) is 30.4 Å². The van der Waals surface area contributed by atoms with Crippen LogP contribution in [-0.4, -0.2) is 39.1 Å². The van der Waals surface area contributed by atoms with Gasteiger partial charge in [-0.2, -0.15) is 0 Å². The van der Waals surface area contributed by atoms with Gasteiger partial charge in [-0.15, -0.1) is 23.5 Å². The highest BCUT2D eigenvalue weighted by molar-refractivity contribution is 8.21. The van der Waals surface area contributed by atoms with Crippen molar-refractivity contribution in [3.05, 3.63) is 46.7 Å². The summed E-state index contributed by atoms with van der Waals surface area (Å²) in [5.74, 6) is 2.17. The van der Waals surface area contributed by atoms with E-state index < -0.39 is 0 Å². The Hall–Kier alpha value is -1.07. The third kappa shape index (κ3) is 1.89. The zero-order valence-corrected chi connectivity index (χ0v) is 14.7. The first-order chi connectivity index (χ1) is 11.2. The highest BCUT2D eigenvalue weighted by Gasteiger charge is 2.56. The van der Waals surface area contributed by atoms with Gasteiger partial charge in [-0.1, -0.05) is 24.3 Å². The molecule has 4 aliphatic rings. The lowest BCUT2D eigenvalue weighted by atomic mass is 9.84. The Morgan fingerprint density at radius 1 is 1.26 bits per heavy atom. The highest BCUT2D eigenvalue weighted by Crippen LogP contribution is 2.61. The molecule has 1 aromatic carbocycles. The van der Waals surface area contributed by atoms with Gasteiger partial charge in [0.2, 0.25) is 0 Å². The van der Waals surface area contributed by atoms with Gasteiger partial charge in [-0.3, -0.25) is 0 Å². The minimum atomic E-state index is -0.107. The van der Waals surface area contributed by atoms with Crippen LogP contribution in [0.3, 0.4) is 0 Å². The predicted molar refractivity (Wildman–Crippen MR) is 94.4 cm³/mol. The van der Waals surface area contributed by atoms with Crippen LogP contribution in [-0.2, 0) is 16.0 Å². The molecule has 0 aliphatic carbocycles. The largest absolute Gasteiger partial charge is 0.453 e. The van der Waals surface area contributed by atoms with Gasteiger partial charge in [0.15, 0.2) is 0 Å². The van der Waals surface area contributed by atoms with E-state index in [0.29, 0.717) is 6.04 Å². The lowest BCUT2D eigenvalue weighted by Crippen LogP contribution is -2.45. The van der Waals surface area contributed by atoms with E-state index in [1.54, 1.807) is 0 Å². The van der Waals surface area contributed by atoms with Crippen LogP contribution < -0.4 is 0 Å². The van der Waals surface area contributed by atoms with Gasteiger partial charge in [0.1, 0.15) is 6.10 Å². The standard InChI is InChI=1S/C18H19NO2S2/c1-11-16-15(17(20)21-11)18(22-8-9-23-18)10-14-13-5-3-2-4-12(13)6-7-19(14)16/h2-5,11,14H,6-10H2,1H3. The van der Waals surface area contributed by atoms with Crippen LogP contribution in [0.15, 0.2) is 35.5 Å². The van der Waals surface area contributed by atoms with Crippen LogP contribution in [0.4, 0.5) is 0 Å². The van der Waals surface area contributed by atoms with Gasteiger partial charge in [0, 0.05) is 24.5 Å². The summed E-state index contributed by atoms with van der Waals surface area (Å²) >= 11 is 3.91. The zero-order valence-electron chi connectivity index (χ0n) is 13.1. The number of thioether (sulfide) groups is 2. The molecule has 1 fully saturated rings. The van der Waals surface area contributed by atoms with Crippen molar-refractivity contribution < 1.29 is 9.53 Å². The summed E-state index contributed by atoms with van der Waals surface area (Å²) < 4.78 is 5.56. The summed E-state index contributed by atoms with van der Waals surface area (Å²) in [5.41, 5.74) is 5.05. The molecule has 5 rings (SSSR count). The number of rotatable bonds is 0. The Morgan fingerprint density at radius 3 is 2.87 bits per heavy atom. The van der Waals surface area contributed by atoms with Crippen LogP contribution in [0.5, 0.6) is 0 Å². The molecule has 0 amide bonds. The fourth-order valence-electron chi connectivity index (χ4n) is 4.54. The van der Waals surface area contributed by atoms with Crippen LogP contribution in [0.25, 0.3) is 0 Å². The molecule has 120 valence electrons. The molecule has 0 saturated carbocycles. The van der Waals surface area contributed by atoms with Crippen LogP contribution >= 0.6 is 23.5 Å². The maximum atomic E-state index is 12.6. The van der Waals surface area contributed by atoms with Crippen LogP contribution in [0.1, 0.15) is 30.5 Å². The van der Waals surface area contributed by atoms with Crippen molar-refractivity contribution in [3.8, 4) is 0 Å². The minimum Gasteiger partial charge on any atom is -0.453 e. The van der Waals surface area contributed by atoms with Gasteiger partial charge in [-0.25, -0.2) is 4.79 Å². The number of carbonyl (C=O) groups excluding carboxylic acids is 1. The lowest BCUT2D eigenvalue weighted by Gasteiger charge is -2.48. The summed E-state index contributed by atoms with van der Waals surface area (Å²) in [4.78, 5) is 15.0. The molecule has 0 N–H and O–H groups in total. The first-order valence-electron chi connectivity index (χ1n) is 8.27. The molecule has 1 aromatic rings. The Labute approximate surface area is 144 Å². The number of benzene rings is 1. The average molecular weight is 345 g/mol. The molecule has 0 bridgehead atoms. The van der Waals surface area contributed by atoms with Crippen LogP contribution in [0.2, 0.25) is 0 Å². The van der Waals surface area contributed by atoms with Crippen molar-refractivity contribution in [2.24, 2.45) is 0 Å². The number of cyclic esters (lactones) is 1. The maximum Gasteiger partial charge on any atom is 0.338 e. The molecule has 4 aliphatic heterocycles. The van der Waals surface area contributed by atoms with E-state index in [1.165, 1.54) is 16.8 Å². The van der Waals surface area contributed by atoms with Gasteiger partial charge < -0.3 is 9.64 Å². The monoisotopic (exact) mass is 345 g/mol. The van der Waals surface area contributed by atoms with Crippen molar-refractivity contribution >= 4 is 29.5 Å². The number of hydrogen-bond acceptors (Lipinski definition) is 5. The minimum absolute atomic E-state index is 0.0771. The number of carbonyl (C=O) groups is 1. The summed E-state index contributed by atoms with van der Waals surface area (Å²) in [7, 11) is 0. The quantitative estimate of drug-likeness (QED) is 0.673. The first-order valence-corrected chi connectivity index (χ1v) is 10.2. The van der Waals surface area contributed by atoms with Crippen molar-refractivity contribution in [2.75, 3.05) is 18.1 Å². The second-order valence-corrected chi connectivity index (χ2v) is 9.67. The van der Waals surface area contributed by atoms with Crippen molar-refractivity contribution in [1.29, 1.82) is 0 Å². The van der Waals surface area contributed by atoms with Crippen LogP contribution in [0, 0.1) is 0 Å².